The van der Waals surface area contributed by atoms with Gasteiger partial charge in [0.1, 0.15) is 0 Å². The van der Waals surface area contributed by atoms with Crippen LogP contribution in [0.2, 0.25) is 0 Å². The predicted molar refractivity (Wildman–Crippen MR) is 32.6 cm³/mol. The van der Waals surface area contributed by atoms with E-state index in [1.807, 2.05) is 0 Å². The lowest BCUT2D eigenvalue weighted by molar-refractivity contribution is 0.251. The zero-order valence-corrected chi connectivity index (χ0v) is 5.24. The van der Waals surface area contributed by atoms with Gasteiger partial charge >= 0.3 is 0 Å². The quantitative estimate of drug-likeness (QED) is 0.447. The van der Waals surface area contributed by atoms with Gasteiger partial charge in [-0.05, 0) is 42.9 Å². The van der Waals surface area contributed by atoms with E-state index in [0.29, 0.717) is 0 Å². The second-order valence-electron chi connectivity index (χ2n) is 4.09. The summed E-state index contributed by atoms with van der Waals surface area (Å²) in [5.74, 6) is 0. The Balaban J connectivity index is 1.94. The van der Waals surface area contributed by atoms with Crippen LogP contribution in [0.3, 0.4) is 0 Å². The van der Waals surface area contributed by atoms with Gasteiger partial charge in [-0.15, -0.1) is 0 Å². The van der Waals surface area contributed by atoms with Crippen LogP contribution < -0.4 is 0 Å². The van der Waals surface area contributed by atoms with Crippen molar-refractivity contribution in [2.24, 2.45) is 10.8 Å². The Bertz CT molecular complexity index is 138. The maximum Gasteiger partial charge on any atom is -0.0235 e. The molecular formula is C8H12. The number of fused-ring (bicyclic) bond motifs is 1. The molecule has 0 aromatic carbocycles. The second kappa shape index (κ2) is 0.778. The van der Waals surface area contributed by atoms with E-state index in [0.717, 1.165) is 10.8 Å². The SMILES string of the molecule is C1CC2(C1)CC21CC1. The van der Waals surface area contributed by atoms with Gasteiger partial charge in [0.15, 0.2) is 0 Å². The number of rotatable bonds is 0. The molecule has 3 saturated carbocycles. The molecule has 0 amide bonds. The smallest absolute Gasteiger partial charge is 0.0235 e. The zero-order valence-electron chi connectivity index (χ0n) is 5.24. The molecule has 0 aromatic heterocycles. The molecule has 0 unspecified atom stereocenters. The first-order chi connectivity index (χ1) is 3.87. The van der Waals surface area contributed by atoms with Crippen molar-refractivity contribution in [3.8, 4) is 0 Å². The first kappa shape index (κ1) is 3.92. The van der Waals surface area contributed by atoms with Crippen molar-refractivity contribution in [3.05, 3.63) is 0 Å². The van der Waals surface area contributed by atoms with Crippen molar-refractivity contribution in [2.75, 3.05) is 0 Å². The van der Waals surface area contributed by atoms with Crippen molar-refractivity contribution >= 4 is 0 Å². The fourth-order valence-corrected chi connectivity index (χ4v) is 2.77. The summed E-state index contributed by atoms with van der Waals surface area (Å²) in [5.41, 5.74) is 1.97. The van der Waals surface area contributed by atoms with Crippen LogP contribution in [0.1, 0.15) is 38.5 Å². The molecule has 2 spiro atoms. The molecule has 0 aliphatic heterocycles. The molecular weight excluding hydrogens is 96.1 g/mol. The molecule has 0 radical (unpaired) electrons. The minimum absolute atomic E-state index is 0.979. The summed E-state index contributed by atoms with van der Waals surface area (Å²) in [6.07, 6.45) is 9.53. The van der Waals surface area contributed by atoms with Crippen molar-refractivity contribution in [1.82, 2.24) is 0 Å². The van der Waals surface area contributed by atoms with E-state index in [-0.39, 0.29) is 0 Å². The highest BCUT2D eigenvalue weighted by Crippen LogP contribution is 2.85. The molecule has 0 bridgehead atoms. The first-order valence-corrected chi connectivity index (χ1v) is 3.87. The Morgan fingerprint density at radius 1 is 0.750 bits per heavy atom. The molecule has 3 fully saturated rings. The van der Waals surface area contributed by atoms with Gasteiger partial charge in [0.2, 0.25) is 0 Å². The number of hydrogen-bond acceptors (Lipinski definition) is 0. The van der Waals surface area contributed by atoms with Crippen molar-refractivity contribution in [2.45, 2.75) is 38.5 Å². The van der Waals surface area contributed by atoms with Crippen LogP contribution in [0, 0.1) is 10.8 Å². The van der Waals surface area contributed by atoms with Crippen LogP contribution in [-0.4, -0.2) is 0 Å². The molecule has 3 aliphatic rings. The Labute approximate surface area is 50.3 Å². The second-order valence-corrected chi connectivity index (χ2v) is 4.09. The highest BCUT2D eigenvalue weighted by molar-refractivity contribution is 5.24. The lowest BCUT2D eigenvalue weighted by Crippen LogP contribution is -2.14. The minimum Gasteiger partial charge on any atom is -0.0522 e. The van der Waals surface area contributed by atoms with Crippen LogP contribution in [0.15, 0.2) is 0 Å². The van der Waals surface area contributed by atoms with E-state index in [4.69, 9.17) is 0 Å². The molecule has 0 N–H and O–H groups in total. The van der Waals surface area contributed by atoms with Crippen molar-refractivity contribution in [3.63, 3.8) is 0 Å². The molecule has 44 valence electrons. The fourth-order valence-electron chi connectivity index (χ4n) is 2.77. The van der Waals surface area contributed by atoms with E-state index in [1.54, 1.807) is 38.5 Å². The van der Waals surface area contributed by atoms with E-state index in [2.05, 4.69) is 0 Å². The Morgan fingerprint density at radius 2 is 1.38 bits per heavy atom. The van der Waals surface area contributed by atoms with Crippen LogP contribution in [-0.2, 0) is 0 Å². The maximum atomic E-state index is 1.62. The van der Waals surface area contributed by atoms with Gasteiger partial charge < -0.3 is 0 Å². The minimum atomic E-state index is 0.979. The standard InChI is InChI=1S/C8H12/c1-2-7(3-1)6-8(7)4-5-8/h1-6H2. The average Bonchev–Trinajstić information content (AvgIpc) is 2.45. The van der Waals surface area contributed by atoms with E-state index in [9.17, 15) is 0 Å². The summed E-state index contributed by atoms with van der Waals surface area (Å²) in [6.45, 7) is 0. The number of hydrogen-bond donors (Lipinski definition) is 0. The third-order valence-corrected chi connectivity index (χ3v) is 3.84. The molecule has 0 atom stereocenters. The molecule has 3 aliphatic carbocycles. The molecule has 0 heterocycles. The summed E-state index contributed by atoms with van der Waals surface area (Å²) >= 11 is 0. The molecule has 0 aromatic rings. The molecule has 0 saturated heterocycles. The summed E-state index contributed by atoms with van der Waals surface area (Å²) in [5, 5.41) is 0. The molecule has 0 nitrogen and oxygen atoms in total. The van der Waals surface area contributed by atoms with Gasteiger partial charge in [-0.3, -0.25) is 0 Å². The van der Waals surface area contributed by atoms with Gasteiger partial charge in [0, 0.05) is 0 Å². The zero-order chi connectivity index (χ0) is 5.24. The lowest BCUT2D eigenvalue weighted by Gasteiger charge is -2.26. The van der Waals surface area contributed by atoms with Crippen LogP contribution in [0.4, 0.5) is 0 Å². The normalized spacial score (nSPS) is 42.0. The fraction of sp³-hybridized carbons (Fsp3) is 1.00. The summed E-state index contributed by atoms with van der Waals surface area (Å²) < 4.78 is 0. The molecule has 8 heavy (non-hydrogen) atoms. The van der Waals surface area contributed by atoms with Crippen LogP contribution in [0.25, 0.3) is 0 Å². The Kier molecular flexibility index (Phi) is 0.381. The average molecular weight is 108 g/mol. The van der Waals surface area contributed by atoms with Gasteiger partial charge in [-0.25, -0.2) is 0 Å². The van der Waals surface area contributed by atoms with Gasteiger partial charge in [-0.2, -0.15) is 0 Å². The van der Waals surface area contributed by atoms with Crippen molar-refractivity contribution < 1.29 is 0 Å². The predicted octanol–water partition coefficient (Wildman–Crippen LogP) is 2.34. The first-order valence-electron chi connectivity index (χ1n) is 3.87. The van der Waals surface area contributed by atoms with E-state index >= 15 is 0 Å². The summed E-state index contributed by atoms with van der Waals surface area (Å²) in [6, 6.07) is 0. The highest BCUT2D eigenvalue weighted by Gasteiger charge is 2.74. The van der Waals surface area contributed by atoms with E-state index < -0.39 is 0 Å². The van der Waals surface area contributed by atoms with Crippen molar-refractivity contribution in [1.29, 1.82) is 0 Å². The van der Waals surface area contributed by atoms with Gasteiger partial charge in [0.25, 0.3) is 0 Å². The van der Waals surface area contributed by atoms with Gasteiger partial charge in [0.05, 0.1) is 0 Å². The molecule has 3 rings (SSSR count). The lowest BCUT2D eigenvalue weighted by atomic mass is 9.79. The third-order valence-electron chi connectivity index (χ3n) is 3.84. The highest BCUT2D eigenvalue weighted by atomic mass is 14.8. The molecule has 0 heteroatoms. The monoisotopic (exact) mass is 108 g/mol. The Hall–Kier alpha value is 0. The largest absolute Gasteiger partial charge is 0.0522 e. The third kappa shape index (κ3) is 0.222. The maximum absolute atomic E-state index is 1.62. The summed E-state index contributed by atoms with van der Waals surface area (Å²) in [4.78, 5) is 0. The van der Waals surface area contributed by atoms with Crippen LogP contribution in [0.5, 0.6) is 0 Å². The Morgan fingerprint density at radius 3 is 1.50 bits per heavy atom. The van der Waals surface area contributed by atoms with Gasteiger partial charge in [-0.1, -0.05) is 6.42 Å². The topological polar surface area (TPSA) is 0 Å². The summed E-state index contributed by atoms with van der Waals surface area (Å²) in [7, 11) is 0. The van der Waals surface area contributed by atoms with E-state index in [1.165, 1.54) is 0 Å². The van der Waals surface area contributed by atoms with Crippen LogP contribution >= 0.6 is 0 Å².